The molecule has 1 aromatic heterocycles. The van der Waals surface area contributed by atoms with Crippen molar-refractivity contribution in [1.82, 2.24) is 19.9 Å². The van der Waals surface area contributed by atoms with Crippen molar-refractivity contribution in [3.63, 3.8) is 0 Å². The van der Waals surface area contributed by atoms with E-state index in [0.29, 0.717) is 43.9 Å². The van der Waals surface area contributed by atoms with E-state index in [0.717, 1.165) is 12.8 Å². The Morgan fingerprint density at radius 2 is 2.25 bits per heavy atom. The minimum atomic E-state index is -0.308. The van der Waals surface area contributed by atoms with Gasteiger partial charge in [-0.3, -0.25) is 9.59 Å². The quantitative estimate of drug-likeness (QED) is 0.731. The normalized spacial score (nSPS) is 21.2. The number of likely N-dealkylation sites (tertiary alicyclic amines) is 1. The fourth-order valence-corrected chi connectivity index (χ4v) is 3.11. The monoisotopic (exact) mass is 336 g/mol. The minimum Gasteiger partial charge on any atom is -0.383 e. The second kappa shape index (κ2) is 7.29. The molecular weight excluding hydrogens is 312 g/mol. The highest BCUT2D eigenvalue weighted by Gasteiger charge is 2.35. The van der Waals surface area contributed by atoms with Crippen molar-refractivity contribution in [1.29, 1.82) is 0 Å². The van der Waals surface area contributed by atoms with E-state index in [9.17, 15) is 9.59 Å². The maximum absolute atomic E-state index is 12.6. The maximum Gasteiger partial charge on any atom is 0.229 e. The molecule has 1 aromatic rings. The SMILES string of the molecule is COCCN1CC(C(=O)N(C)Cc2noc(C3CCC3)n2)CC1=O. The lowest BCUT2D eigenvalue weighted by Gasteiger charge is -2.21. The molecule has 1 saturated heterocycles. The van der Waals surface area contributed by atoms with Crippen LogP contribution in [-0.2, 0) is 20.9 Å². The first-order chi connectivity index (χ1) is 11.6. The molecule has 0 aromatic carbocycles. The first-order valence-corrected chi connectivity index (χ1v) is 8.42. The number of hydrogen-bond donors (Lipinski definition) is 0. The van der Waals surface area contributed by atoms with Gasteiger partial charge in [-0.1, -0.05) is 11.6 Å². The summed E-state index contributed by atoms with van der Waals surface area (Å²) in [4.78, 5) is 32.2. The van der Waals surface area contributed by atoms with Gasteiger partial charge < -0.3 is 19.1 Å². The second-order valence-corrected chi connectivity index (χ2v) is 6.60. The van der Waals surface area contributed by atoms with Crippen LogP contribution >= 0.6 is 0 Å². The summed E-state index contributed by atoms with van der Waals surface area (Å²) in [5.74, 6) is 1.22. The molecule has 8 heteroatoms. The number of methoxy groups -OCH3 is 1. The highest BCUT2D eigenvalue weighted by molar-refractivity contribution is 5.89. The molecule has 1 atom stereocenters. The Bertz CT molecular complexity index is 599. The van der Waals surface area contributed by atoms with Gasteiger partial charge in [0, 0.05) is 39.6 Å². The molecule has 2 amide bonds. The summed E-state index contributed by atoms with van der Waals surface area (Å²) in [6.45, 7) is 1.76. The minimum absolute atomic E-state index is 0.00521. The van der Waals surface area contributed by atoms with Crippen LogP contribution in [0.2, 0.25) is 0 Å². The molecule has 2 fully saturated rings. The molecule has 1 aliphatic carbocycles. The van der Waals surface area contributed by atoms with Gasteiger partial charge in [0.15, 0.2) is 5.82 Å². The number of nitrogens with zero attached hydrogens (tertiary/aromatic N) is 4. The van der Waals surface area contributed by atoms with Gasteiger partial charge in [-0.2, -0.15) is 4.98 Å². The van der Waals surface area contributed by atoms with Crippen molar-refractivity contribution in [2.24, 2.45) is 5.92 Å². The molecule has 0 bridgehead atoms. The predicted molar refractivity (Wildman–Crippen MR) is 83.9 cm³/mol. The van der Waals surface area contributed by atoms with Crippen molar-refractivity contribution in [3.8, 4) is 0 Å². The Morgan fingerprint density at radius 3 is 2.92 bits per heavy atom. The third-order valence-corrected chi connectivity index (χ3v) is 4.82. The van der Waals surface area contributed by atoms with Crippen LogP contribution in [0, 0.1) is 5.92 Å². The van der Waals surface area contributed by atoms with Crippen LogP contribution in [0.5, 0.6) is 0 Å². The molecule has 2 aliphatic rings. The molecule has 0 radical (unpaired) electrons. The van der Waals surface area contributed by atoms with Crippen molar-refractivity contribution < 1.29 is 18.8 Å². The molecule has 2 heterocycles. The predicted octanol–water partition coefficient (Wildman–Crippen LogP) is 0.790. The van der Waals surface area contributed by atoms with E-state index >= 15 is 0 Å². The van der Waals surface area contributed by atoms with Crippen LogP contribution in [0.1, 0.15) is 43.3 Å². The summed E-state index contributed by atoms with van der Waals surface area (Å²) in [6.07, 6.45) is 3.65. The van der Waals surface area contributed by atoms with Gasteiger partial charge in [0.2, 0.25) is 17.7 Å². The number of rotatable bonds is 7. The van der Waals surface area contributed by atoms with Crippen LogP contribution in [0.25, 0.3) is 0 Å². The van der Waals surface area contributed by atoms with Gasteiger partial charge in [-0.15, -0.1) is 0 Å². The third kappa shape index (κ3) is 3.58. The Hall–Kier alpha value is -1.96. The molecule has 1 aliphatic heterocycles. The van der Waals surface area contributed by atoms with Crippen molar-refractivity contribution in [2.75, 3.05) is 33.9 Å². The fourth-order valence-electron chi connectivity index (χ4n) is 3.11. The number of aromatic nitrogens is 2. The lowest BCUT2D eigenvalue weighted by molar-refractivity contribution is -0.135. The fraction of sp³-hybridized carbons (Fsp3) is 0.750. The average Bonchev–Trinajstić information content (AvgIpc) is 3.10. The van der Waals surface area contributed by atoms with Crippen LogP contribution in [0.3, 0.4) is 0 Å². The first kappa shape index (κ1) is 16.9. The number of ether oxygens (including phenoxy) is 1. The zero-order valence-corrected chi connectivity index (χ0v) is 14.2. The van der Waals surface area contributed by atoms with Crippen LogP contribution in [0.4, 0.5) is 0 Å². The van der Waals surface area contributed by atoms with E-state index in [2.05, 4.69) is 10.1 Å². The first-order valence-electron chi connectivity index (χ1n) is 8.42. The van der Waals surface area contributed by atoms with Crippen molar-refractivity contribution >= 4 is 11.8 Å². The number of amides is 2. The van der Waals surface area contributed by atoms with Gasteiger partial charge in [-0.25, -0.2) is 0 Å². The van der Waals surface area contributed by atoms with Gasteiger partial charge >= 0.3 is 0 Å². The maximum atomic E-state index is 12.6. The van der Waals surface area contributed by atoms with Gasteiger partial charge in [0.25, 0.3) is 0 Å². The van der Waals surface area contributed by atoms with E-state index in [1.54, 1.807) is 24.0 Å². The van der Waals surface area contributed by atoms with Gasteiger partial charge in [-0.05, 0) is 12.8 Å². The average molecular weight is 336 g/mol. The van der Waals surface area contributed by atoms with E-state index in [1.807, 2.05) is 0 Å². The highest BCUT2D eigenvalue weighted by atomic mass is 16.5. The molecule has 24 heavy (non-hydrogen) atoms. The summed E-state index contributed by atoms with van der Waals surface area (Å²) in [6, 6.07) is 0. The summed E-state index contributed by atoms with van der Waals surface area (Å²) in [5.41, 5.74) is 0. The smallest absolute Gasteiger partial charge is 0.229 e. The van der Waals surface area contributed by atoms with Crippen LogP contribution < -0.4 is 0 Å². The topological polar surface area (TPSA) is 88.8 Å². The molecule has 132 valence electrons. The standard InChI is InChI=1S/C16H24N4O4/c1-19(10-13-17-15(24-18-13)11-4-3-5-11)16(22)12-8-14(21)20(9-12)6-7-23-2/h11-12H,3-10H2,1-2H3. The summed E-state index contributed by atoms with van der Waals surface area (Å²) in [5, 5.41) is 3.96. The second-order valence-electron chi connectivity index (χ2n) is 6.60. The summed E-state index contributed by atoms with van der Waals surface area (Å²) < 4.78 is 10.3. The van der Waals surface area contributed by atoms with Crippen LogP contribution in [-0.4, -0.2) is 65.6 Å². The molecule has 3 rings (SSSR count). The summed E-state index contributed by atoms with van der Waals surface area (Å²) >= 11 is 0. The zero-order chi connectivity index (χ0) is 17.1. The molecule has 0 N–H and O–H groups in total. The number of carbonyl (C=O) groups is 2. The molecule has 1 saturated carbocycles. The van der Waals surface area contributed by atoms with Crippen LogP contribution in [0.15, 0.2) is 4.52 Å². The molecule has 1 unspecified atom stereocenters. The third-order valence-electron chi connectivity index (χ3n) is 4.82. The molecular formula is C16H24N4O4. The van der Waals surface area contributed by atoms with Gasteiger partial charge in [0.05, 0.1) is 19.1 Å². The Balaban J connectivity index is 1.53. The van der Waals surface area contributed by atoms with E-state index < -0.39 is 0 Å². The molecule has 8 nitrogen and oxygen atoms in total. The summed E-state index contributed by atoms with van der Waals surface area (Å²) in [7, 11) is 3.31. The highest BCUT2D eigenvalue weighted by Crippen LogP contribution is 2.35. The van der Waals surface area contributed by atoms with Gasteiger partial charge in [0.1, 0.15) is 0 Å². The number of hydrogen-bond acceptors (Lipinski definition) is 6. The Kier molecular flexibility index (Phi) is 5.13. The van der Waals surface area contributed by atoms with Crippen molar-refractivity contribution in [2.45, 2.75) is 38.1 Å². The van der Waals surface area contributed by atoms with E-state index in [1.165, 1.54) is 6.42 Å². The Morgan fingerprint density at radius 1 is 1.46 bits per heavy atom. The lowest BCUT2D eigenvalue weighted by atomic mass is 9.85. The number of carbonyl (C=O) groups excluding carboxylic acids is 2. The lowest BCUT2D eigenvalue weighted by Crippen LogP contribution is -2.35. The largest absolute Gasteiger partial charge is 0.383 e. The van der Waals surface area contributed by atoms with Crippen molar-refractivity contribution in [3.05, 3.63) is 11.7 Å². The molecule has 0 spiro atoms. The zero-order valence-electron chi connectivity index (χ0n) is 14.2. The van der Waals surface area contributed by atoms with E-state index in [4.69, 9.17) is 9.26 Å². The Labute approximate surface area is 141 Å². The van der Waals surface area contributed by atoms with E-state index in [-0.39, 0.29) is 24.2 Å².